The van der Waals surface area contributed by atoms with E-state index in [0.29, 0.717) is 28.7 Å². The molecule has 3 rings (SSSR count). The van der Waals surface area contributed by atoms with E-state index in [4.69, 9.17) is 11.6 Å². The lowest BCUT2D eigenvalue weighted by molar-refractivity contribution is 0.702. The van der Waals surface area contributed by atoms with Crippen LogP contribution >= 0.6 is 11.6 Å². The Labute approximate surface area is 167 Å². The van der Waals surface area contributed by atoms with Crippen LogP contribution in [-0.2, 0) is 20.6 Å². The maximum atomic E-state index is 12.8. The molecule has 0 fully saturated rings. The van der Waals surface area contributed by atoms with Crippen LogP contribution in [0.25, 0.3) is 11.2 Å². The molecule has 0 unspecified atom stereocenters. The van der Waals surface area contributed by atoms with E-state index in [2.05, 4.69) is 22.4 Å². The van der Waals surface area contributed by atoms with Crippen LogP contribution in [0.15, 0.2) is 39.0 Å². The van der Waals surface area contributed by atoms with Gasteiger partial charge in [0.05, 0.1) is 6.54 Å². The monoisotopic (exact) mass is 402 g/mol. The van der Waals surface area contributed by atoms with Gasteiger partial charge < -0.3 is 0 Å². The molecule has 2 aromatic heterocycles. The van der Waals surface area contributed by atoms with Gasteiger partial charge >= 0.3 is 5.69 Å². The summed E-state index contributed by atoms with van der Waals surface area (Å²) >= 11 is 5.98. The van der Waals surface area contributed by atoms with Gasteiger partial charge in [0.15, 0.2) is 11.2 Å². The van der Waals surface area contributed by atoms with Crippen LogP contribution in [0.5, 0.6) is 0 Å². The van der Waals surface area contributed by atoms with E-state index in [9.17, 15) is 9.59 Å². The normalized spacial score (nSPS) is 12.0. The average Bonchev–Trinajstić information content (AvgIpc) is 3.03. The van der Waals surface area contributed by atoms with Crippen molar-refractivity contribution in [3.8, 4) is 0 Å². The zero-order valence-electron chi connectivity index (χ0n) is 16.4. The Balaban J connectivity index is 2.20. The summed E-state index contributed by atoms with van der Waals surface area (Å²) in [6.07, 6.45) is 1.83. The van der Waals surface area contributed by atoms with E-state index in [1.807, 2.05) is 19.1 Å². The number of rotatable bonds is 6. The minimum Gasteiger partial charge on any atom is -0.298 e. The molecule has 148 valence electrons. The zero-order valence-corrected chi connectivity index (χ0v) is 17.1. The molecule has 1 N–H and O–H groups in total. The largest absolute Gasteiger partial charge is 0.332 e. The van der Waals surface area contributed by atoms with Crippen molar-refractivity contribution in [1.82, 2.24) is 18.7 Å². The van der Waals surface area contributed by atoms with Gasteiger partial charge in [-0.1, -0.05) is 37.1 Å². The molecule has 0 aliphatic rings. The first-order valence-corrected chi connectivity index (χ1v) is 9.41. The Morgan fingerprint density at radius 2 is 1.86 bits per heavy atom. The smallest absolute Gasteiger partial charge is 0.298 e. The second kappa shape index (κ2) is 8.02. The van der Waals surface area contributed by atoms with Gasteiger partial charge in [0, 0.05) is 24.8 Å². The van der Waals surface area contributed by atoms with Gasteiger partial charge in [0.2, 0.25) is 5.95 Å². The minimum atomic E-state index is -0.425. The molecule has 3 aromatic rings. The molecule has 0 saturated heterocycles. The number of imidazole rings is 1. The third-order valence-corrected chi connectivity index (χ3v) is 4.81. The van der Waals surface area contributed by atoms with Gasteiger partial charge in [-0.3, -0.25) is 18.5 Å². The van der Waals surface area contributed by atoms with Crippen molar-refractivity contribution < 1.29 is 0 Å². The highest BCUT2D eigenvalue weighted by atomic mass is 35.5. The quantitative estimate of drug-likeness (QED) is 0.507. The fourth-order valence-corrected chi connectivity index (χ4v) is 3.15. The lowest BCUT2D eigenvalue weighted by Gasteiger charge is -2.10. The molecular weight excluding hydrogens is 380 g/mol. The standard InChI is InChI=1S/C19H23ClN6O2/c1-5-6-12(2)22-23-18-21-16-15(17(27)25(4)19(28)24(16)3)26(18)11-13-7-9-14(20)10-8-13/h7-10H,5-6,11H2,1-4H3,(H,21,23)/b22-12-. The van der Waals surface area contributed by atoms with E-state index in [1.54, 1.807) is 23.7 Å². The summed E-state index contributed by atoms with van der Waals surface area (Å²) in [5.74, 6) is 0.402. The lowest BCUT2D eigenvalue weighted by atomic mass is 10.2. The summed E-state index contributed by atoms with van der Waals surface area (Å²) in [5.41, 5.74) is 4.65. The molecule has 2 heterocycles. The SMILES string of the molecule is CCC/C(C)=N\Nc1nc2c(c(=O)n(C)c(=O)n2C)n1Cc1ccc(Cl)cc1. The van der Waals surface area contributed by atoms with E-state index in [1.165, 1.54) is 11.6 Å². The van der Waals surface area contributed by atoms with Gasteiger partial charge in [0.25, 0.3) is 5.56 Å². The van der Waals surface area contributed by atoms with Crippen molar-refractivity contribution in [3.63, 3.8) is 0 Å². The number of fused-ring (bicyclic) bond motifs is 1. The number of anilines is 1. The second-order valence-electron chi connectivity index (χ2n) is 6.73. The molecule has 0 amide bonds. The number of hydrazone groups is 1. The third-order valence-electron chi connectivity index (χ3n) is 4.56. The first-order chi connectivity index (χ1) is 13.3. The first-order valence-electron chi connectivity index (χ1n) is 9.03. The Kier molecular flexibility index (Phi) is 5.69. The number of nitrogens with one attached hydrogen (secondary N) is 1. The molecule has 1 aromatic carbocycles. The first kappa shape index (κ1) is 19.9. The lowest BCUT2D eigenvalue weighted by Crippen LogP contribution is -2.37. The molecule has 0 saturated carbocycles. The summed E-state index contributed by atoms with van der Waals surface area (Å²) in [6.45, 7) is 4.39. The maximum absolute atomic E-state index is 12.8. The van der Waals surface area contributed by atoms with Crippen molar-refractivity contribution in [3.05, 3.63) is 55.7 Å². The summed E-state index contributed by atoms with van der Waals surface area (Å²) in [7, 11) is 3.06. The van der Waals surface area contributed by atoms with Crippen LogP contribution in [0.4, 0.5) is 5.95 Å². The van der Waals surface area contributed by atoms with Crippen molar-refractivity contribution in [1.29, 1.82) is 0 Å². The van der Waals surface area contributed by atoms with Gasteiger partial charge in [-0.05, 0) is 31.0 Å². The number of benzene rings is 1. The molecule has 0 atom stereocenters. The third kappa shape index (κ3) is 3.73. The van der Waals surface area contributed by atoms with E-state index in [0.717, 1.165) is 28.7 Å². The summed E-state index contributed by atoms with van der Waals surface area (Å²) in [6, 6.07) is 7.35. The van der Waals surface area contributed by atoms with E-state index in [-0.39, 0.29) is 0 Å². The Hall–Kier alpha value is -2.87. The highest BCUT2D eigenvalue weighted by Gasteiger charge is 2.19. The van der Waals surface area contributed by atoms with E-state index < -0.39 is 11.2 Å². The Morgan fingerprint density at radius 3 is 2.50 bits per heavy atom. The maximum Gasteiger partial charge on any atom is 0.332 e. The number of aryl methyl sites for hydroxylation is 1. The Bertz CT molecular complexity index is 1150. The zero-order chi connectivity index (χ0) is 20.4. The van der Waals surface area contributed by atoms with Crippen LogP contribution in [0.1, 0.15) is 32.3 Å². The number of nitrogens with zero attached hydrogens (tertiary/aromatic N) is 5. The Morgan fingerprint density at radius 1 is 1.18 bits per heavy atom. The fraction of sp³-hybridized carbons (Fsp3) is 0.368. The molecule has 9 heteroatoms. The van der Waals surface area contributed by atoms with Gasteiger partial charge in [-0.15, -0.1) is 0 Å². The highest BCUT2D eigenvalue weighted by molar-refractivity contribution is 6.30. The van der Waals surface area contributed by atoms with Gasteiger partial charge in [-0.2, -0.15) is 10.1 Å². The summed E-state index contributed by atoms with van der Waals surface area (Å²) in [4.78, 5) is 29.6. The van der Waals surface area contributed by atoms with Crippen molar-refractivity contribution >= 4 is 34.4 Å². The van der Waals surface area contributed by atoms with Crippen molar-refractivity contribution in [2.75, 3.05) is 5.43 Å². The minimum absolute atomic E-state index is 0.313. The van der Waals surface area contributed by atoms with Crippen LogP contribution in [0.2, 0.25) is 5.02 Å². The van der Waals surface area contributed by atoms with Gasteiger partial charge in [0.1, 0.15) is 0 Å². The molecule has 0 radical (unpaired) electrons. The van der Waals surface area contributed by atoms with Crippen LogP contribution in [0.3, 0.4) is 0 Å². The van der Waals surface area contributed by atoms with Crippen molar-refractivity contribution in [2.24, 2.45) is 19.2 Å². The molecular formula is C19H23ClN6O2. The second-order valence-corrected chi connectivity index (χ2v) is 7.17. The number of aromatic nitrogens is 4. The highest BCUT2D eigenvalue weighted by Crippen LogP contribution is 2.19. The molecule has 0 bridgehead atoms. The predicted molar refractivity (Wildman–Crippen MR) is 112 cm³/mol. The number of hydrogen-bond donors (Lipinski definition) is 1. The number of hydrogen-bond acceptors (Lipinski definition) is 5. The van der Waals surface area contributed by atoms with Crippen LogP contribution < -0.4 is 16.7 Å². The topological polar surface area (TPSA) is 86.2 Å². The molecule has 0 spiro atoms. The van der Waals surface area contributed by atoms with Crippen LogP contribution in [0, 0.1) is 0 Å². The summed E-state index contributed by atoms with van der Waals surface area (Å²) in [5, 5.41) is 5.00. The predicted octanol–water partition coefficient (Wildman–Crippen LogP) is 2.72. The fourth-order valence-electron chi connectivity index (χ4n) is 3.02. The molecule has 0 aliphatic carbocycles. The molecule has 28 heavy (non-hydrogen) atoms. The summed E-state index contributed by atoms with van der Waals surface area (Å²) < 4.78 is 4.18. The van der Waals surface area contributed by atoms with Crippen LogP contribution in [-0.4, -0.2) is 24.4 Å². The van der Waals surface area contributed by atoms with Crippen molar-refractivity contribution in [2.45, 2.75) is 33.2 Å². The van der Waals surface area contributed by atoms with Gasteiger partial charge in [-0.25, -0.2) is 10.2 Å². The average molecular weight is 403 g/mol. The van der Waals surface area contributed by atoms with E-state index >= 15 is 0 Å². The number of halogens is 1. The molecule has 0 aliphatic heterocycles. The molecule has 8 nitrogen and oxygen atoms in total.